The van der Waals surface area contributed by atoms with Gasteiger partial charge in [-0.25, -0.2) is 4.79 Å². The summed E-state index contributed by atoms with van der Waals surface area (Å²) in [6.07, 6.45) is 0.00926. The molecule has 0 bridgehead atoms. The molecule has 0 aliphatic carbocycles. The molecule has 132 valence electrons. The molecule has 0 saturated heterocycles. The molecule has 0 saturated carbocycles. The molecular formula is C20H22ClNO3. The third kappa shape index (κ3) is 5.33. The summed E-state index contributed by atoms with van der Waals surface area (Å²) in [6, 6.07) is 16.6. The lowest BCUT2D eigenvalue weighted by atomic mass is 9.96. The summed E-state index contributed by atoms with van der Waals surface area (Å²) in [4.78, 5) is 24.3. The van der Waals surface area contributed by atoms with Gasteiger partial charge in [-0.05, 0) is 31.0 Å². The van der Waals surface area contributed by atoms with E-state index in [9.17, 15) is 9.59 Å². The van der Waals surface area contributed by atoms with Gasteiger partial charge in [0.15, 0.2) is 6.10 Å². The molecule has 1 amide bonds. The highest BCUT2D eigenvalue weighted by atomic mass is 35.5. The van der Waals surface area contributed by atoms with Crippen LogP contribution in [0.3, 0.4) is 0 Å². The Morgan fingerprint density at radius 3 is 2.36 bits per heavy atom. The second kappa shape index (κ2) is 9.23. The first kappa shape index (κ1) is 19.0. The number of halogens is 1. The van der Waals surface area contributed by atoms with Crippen molar-refractivity contribution in [2.45, 2.75) is 32.3 Å². The number of rotatable bonds is 7. The van der Waals surface area contributed by atoms with Gasteiger partial charge in [0.2, 0.25) is 0 Å². The van der Waals surface area contributed by atoms with E-state index in [0.29, 0.717) is 11.6 Å². The summed E-state index contributed by atoms with van der Waals surface area (Å²) in [6.45, 7) is 4.12. The van der Waals surface area contributed by atoms with Gasteiger partial charge in [0.1, 0.15) is 0 Å². The van der Waals surface area contributed by atoms with Gasteiger partial charge in [-0.15, -0.1) is 0 Å². The van der Waals surface area contributed by atoms with E-state index in [1.54, 1.807) is 31.2 Å². The normalized spacial score (nSPS) is 12.9. The molecule has 0 fully saturated rings. The summed E-state index contributed by atoms with van der Waals surface area (Å²) in [5, 5.41) is 3.16. The second-order valence-corrected chi connectivity index (χ2v) is 6.20. The van der Waals surface area contributed by atoms with E-state index < -0.39 is 12.1 Å². The van der Waals surface area contributed by atoms with Crippen molar-refractivity contribution in [3.63, 3.8) is 0 Å². The van der Waals surface area contributed by atoms with Crippen molar-refractivity contribution in [2.75, 3.05) is 6.54 Å². The minimum absolute atomic E-state index is 0.219. The standard InChI is InChI=1S/C20H22ClNO3/c1-3-15(16-9-5-4-6-10-16)13-22-19(23)14(2)25-20(24)17-11-7-8-12-18(17)21/h4-12,14-15H,3,13H2,1-2H3,(H,22,23)/t14-,15-/m1/s1. The molecule has 5 heteroatoms. The van der Waals surface area contributed by atoms with Crippen LogP contribution in [0.25, 0.3) is 0 Å². The number of ether oxygens (including phenoxy) is 1. The minimum Gasteiger partial charge on any atom is -0.449 e. The first-order valence-electron chi connectivity index (χ1n) is 8.31. The molecule has 0 spiro atoms. The number of nitrogens with one attached hydrogen (secondary N) is 1. The molecule has 2 aromatic rings. The summed E-state index contributed by atoms with van der Waals surface area (Å²) < 4.78 is 5.22. The molecule has 0 aliphatic heterocycles. The van der Waals surface area contributed by atoms with Gasteiger partial charge in [0, 0.05) is 12.5 Å². The number of hydrogen-bond donors (Lipinski definition) is 1. The lowest BCUT2D eigenvalue weighted by Gasteiger charge is -2.18. The Kier molecular flexibility index (Phi) is 7.02. The molecule has 0 heterocycles. The van der Waals surface area contributed by atoms with Crippen LogP contribution in [0.1, 0.15) is 42.1 Å². The van der Waals surface area contributed by atoms with Crippen LogP contribution in [0.4, 0.5) is 0 Å². The fourth-order valence-corrected chi connectivity index (χ4v) is 2.71. The first-order valence-corrected chi connectivity index (χ1v) is 8.68. The molecule has 2 atom stereocenters. The third-order valence-corrected chi connectivity index (χ3v) is 4.36. The highest BCUT2D eigenvalue weighted by Crippen LogP contribution is 2.19. The van der Waals surface area contributed by atoms with Crippen molar-refractivity contribution in [1.82, 2.24) is 5.32 Å². The predicted molar refractivity (Wildman–Crippen MR) is 98.8 cm³/mol. The van der Waals surface area contributed by atoms with Crippen LogP contribution < -0.4 is 5.32 Å². The van der Waals surface area contributed by atoms with Crippen molar-refractivity contribution in [1.29, 1.82) is 0 Å². The molecule has 2 aromatic carbocycles. The summed E-state index contributed by atoms with van der Waals surface area (Å²) in [7, 11) is 0. The molecule has 2 rings (SSSR count). The Bertz CT molecular complexity index is 718. The quantitative estimate of drug-likeness (QED) is 0.754. The van der Waals surface area contributed by atoms with Crippen LogP contribution in [0.5, 0.6) is 0 Å². The van der Waals surface area contributed by atoms with Crippen LogP contribution in [0, 0.1) is 0 Å². The number of esters is 1. The van der Waals surface area contributed by atoms with Crippen LogP contribution in [-0.4, -0.2) is 24.5 Å². The maximum absolute atomic E-state index is 12.2. The van der Waals surface area contributed by atoms with Gasteiger partial charge in [0.05, 0.1) is 10.6 Å². The highest BCUT2D eigenvalue weighted by Gasteiger charge is 2.21. The lowest BCUT2D eigenvalue weighted by molar-refractivity contribution is -0.129. The van der Waals surface area contributed by atoms with Crippen LogP contribution in [-0.2, 0) is 9.53 Å². The number of benzene rings is 2. The van der Waals surface area contributed by atoms with Gasteiger partial charge >= 0.3 is 5.97 Å². The van der Waals surface area contributed by atoms with Gasteiger partial charge in [0.25, 0.3) is 5.91 Å². The summed E-state index contributed by atoms with van der Waals surface area (Å²) in [5.41, 5.74) is 1.42. The van der Waals surface area contributed by atoms with Crippen molar-refractivity contribution >= 4 is 23.5 Å². The molecule has 0 unspecified atom stereocenters. The van der Waals surface area contributed by atoms with E-state index in [2.05, 4.69) is 12.2 Å². The van der Waals surface area contributed by atoms with E-state index in [1.165, 1.54) is 5.56 Å². The van der Waals surface area contributed by atoms with Crippen LogP contribution >= 0.6 is 11.6 Å². The van der Waals surface area contributed by atoms with Crippen molar-refractivity contribution in [3.05, 3.63) is 70.7 Å². The molecule has 4 nitrogen and oxygen atoms in total. The second-order valence-electron chi connectivity index (χ2n) is 5.79. The highest BCUT2D eigenvalue weighted by molar-refractivity contribution is 6.33. The number of hydrogen-bond acceptors (Lipinski definition) is 3. The van der Waals surface area contributed by atoms with Crippen LogP contribution in [0.15, 0.2) is 54.6 Å². The zero-order valence-electron chi connectivity index (χ0n) is 14.4. The van der Waals surface area contributed by atoms with Gasteiger partial charge in [-0.3, -0.25) is 4.79 Å². The maximum atomic E-state index is 12.2. The van der Waals surface area contributed by atoms with Gasteiger partial charge in [-0.2, -0.15) is 0 Å². The van der Waals surface area contributed by atoms with Crippen molar-refractivity contribution < 1.29 is 14.3 Å². The minimum atomic E-state index is -0.892. The lowest BCUT2D eigenvalue weighted by Crippen LogP contribution is -2.38. The molecule has 0 aromatic heterocycles. The maximum Gasteiger partial charge on any atom is 0.340 e. The SMILES string of the molecule is CC[C@H](CNC(=O)[C@@H](C)OC(=O)c1ccccc1Cl)c1ccccc1. The largest absolute Gasteiger partial charge is 0.449 e. The zero-order valence-corrected chi connectivity index (χ0v) is 15.1. The molecular weight excluding hydrogens is 338 g/mol. The van der Waals surface area contributed by atoms with Crippen LogP contribution in [0.2, 0.25) is 5.02 Å². The Morgan fingerprint density at radius 1 is 1.08 bits per heavy atom. The molecule has 1 N–H and O–H groups in total. The topological polar surface area (TPSA) is 55.4 Å². The Morgan fingerprint density at radius 2 is 1.72 bits per heavy atom. The van der Waals surface area contributed by atoms with E-state index in [-0.39, 0.29) is 17.4 Å². The van der Waals surface area contributed by atoms with E-state index >= 15 is 0 Å². The Balaban J connectivity index is 1.90. The van der Waals surface area contributed by atoms with Crippen molar-refractivity contribution in [3.8, 4) is 0 Å². The zero-order chi connectivity index (χ0) is 18.2. The summed E-state index contributed by atoms with van der Waals surface area (Å²) in [5.74, 6) is -0.713. The van der Waals surface area contributed by atoms with Gasteiger partial charge in [-0.1, -0.05) is 61.0 Å². The predicted octanol–water partition coefficient (Wildman–Crippen LogP) is 4.20. The van der Waals surface area contributed by atoms with Crippen molar-refractivity contribution in [2.24, 2.45) is 0 Å². The molecule has 25 heavy (non-hydrogen) atoms. The van der Waals surface area contributed by atoms with E-state index in [1.807, 2.05) is 30.3 Å². The number of carbonyl (C=O) groups excluding carboxylic acids is 2. The fourth-order valence-electron chi connectivity index (χ4n) is 2.49. The van der Waals surface area contributed by atoms with E-state index in [4.69, 9.17) is 16.3 Å². The third-order valence-electron chi connectivity index (χ3n) is 4.03. The monoisotopic (exact) mass is 359 g/mol. The Hall–Kier alpha value is -2.33. The average molecular weight is 360 g/mol. The Labute approximate surface area is 153 Å². The number of amides is 1. The molecule has 0 radical (unpaired) electrons. The molecule has 0 aliphatic rings. The smallest absolute Gasteiger partial charge is 0.340 e. The van der Waals surface area contributed by atoms with E-state index in [0.717, 1.165) is 6.42 Å². The summed E-state index contributed by atoms with van der Waals surface area (Å²) >= 11 is 5.97. The fraction of sp³-hybridized carbons (Fsp3) is 0.300. The first-order chi connectivity index (χ1) is 12.0. The average Bonchev–Trinajstić information content (AvgIpc) is 2.63. The van der Waals surface area contributed by atoms with Gasteiger partial charge < -0.3 is 10.1 Å². The number of carbonyl (C=O) groups is 2.